The van der Waals surface area contributed by atoms with Crippen molar-refractivity contribution in [3.8, 4) is 22.6 Å². The number of aliphatic hydroxyl groups is 1. The van der Waals surface area contributed by atoms with Crippen LogP contribution < -0.4 is 9.47 Å². The summed E-state index contributed by atoms with van der Waals surface area (Å²) in [5, 5.41) is 23.1. The predicted molar refractivity (Wildman–Crippen MR) is 238 cm³/mol. The van der Waals surface area contributed by atoms with E-state index in [0.717, 1.165) is 97.0 Å². The Bertz CT molecular complexity index is 2630. The van der Waals surface area contributed by atoms with Crippen LogP contribution in [0.3, 0.4) is 0 Å². The van der Waals surface area contributed by atoms with Crippen LogP contribution in [-0.4, -0.2) is 55.5 Å². The molecule has 1 aliphatic rings. The topological polar surface area (TPSA) is 106 Å². The quantitative estimate of drug-likeness (QED) is 0.0545. The summed E-state index contributed by atoms with van der Waals surface area (Å²) in [4.78, 5) is 14.9. The molecule has 59 heavy (non-hydrogen) atoms. The van der Waals surface area contributed by atoms with Gasteiger partial charge in [0.05, 0.1) is 54.6 Å². The summed E-state index contributed by atoms with van der Waals surface area (Å²) in [7, 11) is 5.46. The number of benzene rings is 4. The molecular formula is C46H48ClN5O5S2. The number of thioether (sulfide) groups is 2. The first-order valence-electron chi connectivity index (χ1n) is 19.9. The van der Waals surface area contributed by atoms with Gasteiger partial charge in [0, 0.05) is 70.4 Å². The van der Waals surface area contributed by atoms with Gasteiger partial charge >= 0.3 is 5.97 Å². The van der Waals surface area contributed by atoms with Crippen LogP contribution in [-0.2, 0) is 62.1 Å². The van der Waals surface area contributed by atoms with E-state index in [1.165, 1.54) is 11.3 Å². The highest BCUT2D eigenvalue weighted by atomic mass is 35.5. The number of halogens is 1. The number of carbonyl (C=O) groups excluding carboxylic acids is 1. The molecule has 0 saturated heterocycles. The van der Waals surface area contributed by atoms with E-state index in [0.29, 0.717) is 41.7 Å². The minimum Gasteiger partial charge on any atom is -0.497 e. The number of fused-ring (bicyclic) bond motifs is 3. The van der Waals surface area contributed by atoms with E-state index in [-0.39, 0.29) is 19.2 Å². The number of hydrogen-bond donors (Lipinski definition) is 1. The lowest BCUT2D eigenvalue weighted by molar-refractivity contribution is 0.0514. The zero-order valence-electron chi connectivity index (χ0n) is 33.8. The van der Waals surface area contributed by atoms with E-state index in [1.54, 1.807) is 35.3 Å². The molecule has 0 bridgehead atoms. The number of esters is 1. The van der Waals surface area contributed by atoms with Crippen molar-refractivity contribution in [3.63, 3.8) is 0 Å². The molecular weight excluding hydrogens is 802 g/mol. The first-order valence-corrected chi connectivity index (χ1v) is 22.5. The van der Waals surface area contributed by atoms with Gasteiger partial charge in [0.15, 0.2) is 0 Å². The lowest BCUT2D eigenvalue weighted by atomic mass is 9.97. The third-order valence-electron chi connectivity index (χ3n) is 10.9. The lowest BCUT2D eigenvalue weighted by Crippen LogP contribution is -2.13. The molecule has 0 unspecified atom stereocenters. The van der Waals surface area contributed by atoms with Crippen molar-refractivity contribution in [1.82, 2.24) is 24.1 Å². The number of aryl methyl sites for hydroxylation is 4. The van der Waals surface area contributed by atoms with Crippen LogP contribution in [0.4, 0.5) is 0 Å². The zero-order valence-corrected chi connectivity index (χ0v) is 36.2. The second-order valence-corrected chi connectivity index (χ2v) is 17.1. The third kappa shape index (κ3) is 8.46. The molecule has 0 radical (unpaired) electrons. The van der Waals surface area contributed by atoms with Gasteiger partial charge in [0.1, 0.15) is 17.2 Å². The maximum atomic E-state index is 13.8. The minimum atomic E-state index is -0.356. The Balaban J connectivity index is 1.07. The molecule has 0 saturated carbocycles. The molecule has 7 aromatic rings. The van der Waals surface area contributed by atoms with Crippen LogP contribution in [0.5, 0.6) is 11.5 Å². The van der Waals surface area contributed by atoms with Crippen molar-refractivity contribution < 1.29 is 24.1 Å². The van der Waals surface area contributed by atoms with Crippen LogP contribution in [0.2, 0.25) is 5.02 Å². The molecule has 4 aromatic carbocycles. The molecule has 4 heterocycles. The highest BCUT2D eigenvalue weighted by Crippen LogP contribution is 2.44. The Hall–Kier alpha value is -4.88. The fourth-order valence-electron chi connectivity index (χ4n) is 8.14. The summed E-state index contributed by atoms with van der Waals surface area (Å²) < 4.78 is 23.4. The minimum absolute atomic E-state index is 0.0506. The number of aliphatic hydroxyl groups excluding tert-OH is 1. The van der Waals surface area contributed by atoms with Gasteiger partial charge < -0.3 is 23.9 Å². The molecule has 0 fully saturated rings. The summed E-state index contributed by atoms with van der Waals surface area (Å²) in [6.07, 6.45) is 3.19. The highest BCUT2D eigenvalue weighted by Gasteiger charge is 2.30. The van der Waals surface area contributed by atoms with Gasteiger partial charge in [-0.05, 0) is 85.5 Å². The average molecular weight is 851 g/mol. The third-order valence-corrected chi connectivity index (χ3v) is 13.2. The monoisotopic (exact) mass is 849 g/mol. The molecule has 10 nitrogen and oxygen atoms in total. The molecule has 3 aromatic heterocycles. The molecule has 0 aliphatic carbocycles. The van der Waals surface area contributed by atoms with Gasteiger partial charge in [0.2, 0.25) is 0 Å². The van der Waals surface area contributed by atoms with Crippen LogP contribution in [0.15, 0.2) is 83.8 Å². The number of nitrogens with zero attached hydrogens (tertiary/aromatic N) is 5. The maximum absolute atomic E-state index is 13.8. The maximum Gasteiger partial charge on any atom is 0.355 e. The Morgan fingerprint density at radius 1 is 0.949 bits per heavy atom. The SMILES string of the molecule is CCOC(=O)c1c(CCCOc2cc(SCc3ccc(OC)cc3)cc3ccccc23)c2ccc(Cl)c(-c3c(CSCc4cc(CO)n(C)n4)nn4c3CCC4)c2n1C. The Labute approximate surface area is 357 Å². The van der Waals surface area contributed by atoms with E-state index < -0.39 is 0 Å². The Morgan fingerprint density at radius 3 is 2.56 bits per heavy atom. The number of rotatable bonds is 17. The van der Waals surface area contributed by atoms with Crippen LogP contribution in [0, 0.1) is 0 Å². The molecule has 8 rings (SSSR count). The molecule has 0 atom stereocenters. The summed E-state index contributed by atoms with van der Waals surface area (Å²) in [5.74, 6) is 3.49. The van der Waals surface area contributed by atoms with Gasteiger partial charge in [-0.25, -0.2) is 4.79 Å². The van der Waals surface area contributed by atoms with Crippen molar-refractivity contribution in [3.05, 3.63) is 123 Å². The van der Waals surface area contributed by atoms with Gasteiger partial charge in [-0.15, -0.1) is 23.5 Å². The summed E-state index contributed by atoms with van der Waals surface area (Å²) in [5.41, 5.74) is 9.33. The van der Waals surface area contributed by atoms with Gasteiger partial charge in [0.25, 0.3) is 0 Å². The van der Waals surface area contributed by atoms with Gasteiger partial charge in [-0.3, -0.25) is 9.36 Å². The summed E-state index contributed by atoms with van der Waals surface area (Å²) >= 11 is 10.7. The van der Waals surface area contributed by atoms with Crippen molar-refractivity contribution in [2.24, 2.45) is 14.1 Å². The lowest BCUT2D eigenvalue weighted by Gasteiger charge is -2.13. The average Bonchev–Trinajstić information content (AvgIpc) is 4.01. The fraction of sp³-hybridized carbons (Fsp3) is 0.326. The van der Waals surface area contributed by atoms with Crippen molar-refractivity contribution in [2.75, 3.05) is 20.3 Å². The normalized spacial score (nSPS) is 12.4. The van der Waals surface area contributed by atoms with Crippen LogP contribution >= 0.6 is 35.1 Å². The van der Waals surface area contributed by atoms with E-state index in [1.807, 2.05) is 62.0 Å². The van der Waals surface area contributed by atoms with E-state index >= 15 is 0 Å². The molecule has 0 spiro atoms. The summed E-state index contributed by atoms with van der Waals surface area (Å²) in [6, 6.07) is 26.8. The first-order chi connectivity index (χ1) is 28.8. The van der Waals surface area contributed by atoms with E-state index in [2.05, 4.69) is 52.2 Å². The Kier molecular flexibility index (Phi) is 12.6. The zero-order chi connectivity index (χ0) is 41.0. The summed E-state index contributed by atoms with van der Waals surface area (Å²) in [6.45, 7) is 3.37. The Morgan fingerprint density at radius 2 is 1.78 bits per heavy atom. The van der Waals surface area contributed by atoms with Crippen LogP contribution in [0.25, 0.3) is 32.8 Å². The first kappa shape index (κ1) is 40.9. The van der Waals surface area contributed by atoms with Crippen molar-refractivity contribution in [1.29, 1.82) is 0 Å². The van der Waals surface area contributed by atoms with Gasteiger partial charge in [-0.1, -0.05) is 54.1 Å². The van der Waals surface area contributed by atoms with Crippen molar-refractivity contribution in [2.45, 2.75) is 67.9 Å². The number of ether oxygens (including phenoxy) is 3. The highest BCUT2D eigenvalue weighted by molar-refractivity contribution is 7.98. The number of carbonyl (C=O) groups is 1. The van der Waals surface area contributed by atoms with E-state index in [4.69, 9.17) is 30.9 Å². The van der Waals surface area contributed by atoms with Gasteiger partial charge in [-0.2, -0.15) is 10.2 Å². The molecule has 1 aliphatic heterocycles. The molecule has 1 N–H and O–H groups in total. The second kappa shape index (κ2) is 18.2. The van der Waals surface area contributed by atoms with Crippen LogP contribution in [0.1, 0.15) is 64.2 Å². The van der Waals surface area contributed by atoms with Crippen molar-refractivity contribution >= 4 is 62.8 Å². The molecule has 13 heteroatoms. The number of methoxy groups -OCH3 is 1. The number of hydrogen-bond acceptors (Lipinski definition) is 9. The fourth-order valence-corrected chi connectivity index (χ4v) is 10.2. The second-order valence-electron chi connectivity index (χ2n) is 14.7. The predicted octanol–water partition coefficient (Wildman–Crippen LogP) is 9.94. The number of aromatic nitrogens is 5. The standard InChI is InChI=1S/C46H48ClN5O5S2/c1-5-56-46(54)45-36(12-9-21-57-41-24-34(22-30-10-6-7-11-35(30)41)59-26-29-14-16-33(55-4)17-15-29)37-18-19-38(47)42(44(37)50(45)2)43-39(49-52-20-8-13-40(43)52)28-58-27-31-23-32(25-53)51(3)48-31/h6-7,10-11,14-19,22-24,53H,5,8-9,12-13,20-21,25-28H2,1-4H3. The largest absolute Gasteiger partial charge is 0.497 e. The smallest absolute Gasteiger partial charge is 0.355 e. The van der Waals surface area contributed by atoms with E-state index in [9.17, 15) is 9.90 Å². The molecule has 0 amide bonds. The molecule has 306 valence electrons.